The maximum atomic E-state index is 10.4. The number of hydrogen-bond acceptors (Lipinski definition) is 2. The molecule has 0 amide bonds. The molecule has 4 heteroatoms. The first-order valence-corrected chi connectivity index (χ1v) is 11.4. The average Bonchev–Trinajstić information content (AvgIpc) is 2.34. The number of carboxylic acids is 1. The van der Waals surface area contributed by atoms with Crippen LogP contribution in [0.25, 0.3) is 0 Å². The SMILES string of the molecule is CC(C)(C)[Si](C)(C)OCCCCCCCCCCC(=O)O. The lowest BCUT2D eigenvalue weighted by molar-refractivity contribution is -0.137. The van der Waals surface area contributed by atoms with Crippen molar-refractivity contribution in [3.8, 4) is 0 Å². The van der Waals surface area contributed by atoms with Gasteiger partial charge in [0.2, 0.25) is 0 Å². The van der Waals surface area contributed by atoms with E-state index in [4.69, 9.17) is 9.53 Å². The van der Waals surface area contributed by atoms with Gasteiger partial charge in [-0.1, -0.05) is 59.3 Å². The number of rotatable bonds is 12. The lowest BCUT2D eigenvalue weighted by atomic mass is 10.1. The van der Waals surface area contributed by atoms with Crippen LogP contribution >= 0.6 is 0 Å². The minimum Gasteiger partial charge on any atom is -0.481 e. The van der Waals surface area contributed by atoms with Crippen molar-refractivity contribution in [3.63, 3.8) is 0 Å². The highest BCUT2D eigenvalue weighted by atomic mass is 28.4. The van der Waals surface area contributed by atoms with Gasteiger partial charge in [0.25, 0.3) is 0 Å². The summed E-state index contributed by atoms with van der Waals surface area (Å²) in [4.78, 5) is 10.4. The molecule has 3 nitrogen and oxygen atoms in total. The quantitative estimate of drug-likeness (QED) is 0.376. The van der Waals surface area contributed by atoms with E-state index in [-0.39, 0.29) is 0 Å². The number of carboxylic acid groups (broad SMARTS) is 1. The summed E-state index contributed by atoms with van der Waals surface area (Å²) in [5, 5.41) is 8.84. The van der Waals surface area contributed by atoms with E-state index in [9.17, 15) is 4.79 Å². The molecule has 0 spiro atoms. The molecule has 21 heavy (non-hydrogen) atoms. The predicted molar refractivity (Wildman–Crippen MR) is 92.3 cm³/mol. The third-order valence-corrected chi connectivity index (χ3v) is 9.09. The molecule has 0 aliphatic carbocycles. The summed E-state index contributed by atoms with van der Waals surface area (Å²) in [6.45, 7) is 12.4. The second kappa shape index (κ2) is 10.4. The molecule has 0 saturated carbocycles. The second-order valence-corrected chi connectivity index (χ2v) is 12.4. The van der Waals surface area contributed by atoms with E-state index >= 15 is 0 Å². The highest BCUT2D eigenvalue weighted by molar-refractivity contribution is 6.74. The lowest BCUT2D eigenvalue weighted by Crippen LogP contribution is -2.40. The highest BCUT2D eigenvalue weighted by Gasteiger charge is 2.36. The van der Waals surface area contributed by atoms with Gasteiger partial charge in [-0.05, 0) is 31.0 Å². The fourth-order valence-corrected chi connectivity index (χ4v) is 3.07. The zero-order chi connectivity index (χ0) is 16.4. The summed E-state index contributed by atoms with van der Waals surface area (Å²) in [5.74, 6) is -0.670. The Balaban J connectivity index is 3.36. The van der Waals surface area contributed by atoms with Crippen LogP contribution in [0.1, 0.15) is 78.6 Å². The van der Waals surface area contributed by atoms with Gasteiger partial charge in [-0.15, -0.1) is 0 Å². The molecule has 0 aliphatic heterocycles. The van der Waals surface area contributed by atoms with E-state index in [0.717, 1.165) is 19.4 Å². The van der Waals surface area contributed by atoms with E-state index in [1.807, 2.05) is 0 Å². The standard InChI is InChI=1S/C17H36O3Si/c1-17(2,3)21(4,5)20-15-13-11-9-7-6-8-10-12-14-16(18)19/h6-15H2,1-5H3,(H,18,19). The molecule has 0 unspecified atom stereocenters. The van der Waals surface area contributed by atoms with Crippen molar-refractivity contribution in [1.29, 1.82) is 0 Å². The first-order valence-electron chi connectivity index (χ1n) is 8.52. The van der Waals surface area contributed by atoms with E-state index in [0.29, 0.717) is 11.5 Å². The topological polar surface area (TPSA) is 46.5 Å². The predicted octanol–water partition coefficient (Wildman–Crippen LogP) is 5.60. The van der Waals surface area contributed by atoms with Crippen molar-refractivity contribution in [2.24, 2.45) is 0 Å². The average molecular weight is 317 g/mol. The molecule has 0 aromatic rings. The summed E-state index contributed by atoms with van der Waals surface area (Å²) < 4.78 is 6.16. The van der Waals surface area contributed by atoms with Crippen molar-refractivity contribution in [2.45, 2.75) is 96.7 Å². The first-order chi connectivity index (χ1) is 9.67. The maximum Gasteiger partial charge on any atom is 0.303 e. The normalized spacial score (nSPS) is 12.6. The minimum atomic E-state index is -1.55. The molecular formula is C17H36O3Si. The zero-order valence-electron chi connectivity index (χ0n) is 14.8. The summed E-state index contributed by atoms with van der Waals surface area (Å²) >= 11 is 0. The van der Waals surface area contributed by atoms with Crippen molar-refractivity contribution in [3.05, 3.63) is 0 Å². The molecule has 1 N–H and O–H groups in total. The van der Waals surface area contributed by atoms with E-state index < -0.39 is 14.3 Å². The van der Waals surface area contributed by atoms with Crippen LogP contribution in [-0.2, 0) is 9.22 Å². The van der Waals surface area contributed by atoms with Crippen LogP contribution in [0.15, 0.2) is 0 Å². The van der Waals surface area contributed by atoms with Gasteiger partial charge in [0.1, 0.15) is 0 Å². The highest BCUT2D eigenvalue weighted by Crippen LogP contribution is 2.36. The molecule has 0 aromatic heterocycles. The Bertz CT molecular complexity index is 282. The zero-order valence-corrected chi connectivity index (χ0v) is 15.8. The summed E-state index contributed by atoms with van der Waals surface area (Å²) in [7, 11) is -1.55. The van der Waals surface area contributed by atoms with E-state index in [1.54, 1.807) is 0 Å². The Morgan fingerprint density at radius 2 is 1.33 bits per heavy atom. The van der Waals surface area contributed by atoms with Crippen LogP contribution in [0.2, 0.25) is 18.1 Å². The van der Waals surface area contributed by atoms with E-state index in [2.05, 4.69) is 33.9 Å². The van der Waals surface area contributed by atoms with Crippen LogP contribution in [-0.4, -0.2) is 26.0 Å². The Morgan fingerprint density at radius 1 is 0.905 bits per heavy atom. The maximum absolute atomic E-state index is 10.4. The van der Waals surface area contributed by atoms with Crippen LogP contribution in [0.3, 0.4) is 0 Å². The van der Waals surface area contributed by atoms with Gasteiger partial charge in [-0.2, -0.15) is 0 Å². The summed E-state index contributed by atoms with van der Waals surface area (Å²) in [6.07, 6.45) is 9.60. The molecule has 0 bridgehead atoms. The molecule has 0 aliphatic rings. The fraction of sp³-hybridized carbons (Fsp3) is 0.941. The first kappa shape index (κ1) is 20.6. The van der Waals surface area contributed by atoms with Crippen LogP contribution < -0.4 is 0 Å². The largest absolute Gasteiger partial charge is 0.481 e. The summed E-state index contributed by atoms with van der Waals surface area (Å²) in [6, 6.07) is 0. The second-order valence-electron chi connectivity index (χ2n) is 7.58. The Kier molecular flexibility index (Phi) is 10.2. The Morgan fingerprint density at radius 3 is 1.76 bits per heavy atom. The molecule has 0 fully saturated rings. The number of unbranched alkanes of at least 4 members (excludes halogenated alkanes) is 7. The molecule has 126 valence electrons. The smallest absolute Gasteiger partial charge is 0.303 e. The minimum absolute atomic E-state index is 0.308. The molecule has 0 aromatic carbocycles. The molecule has 0 saturated heterocycles. The van der Waals surface area contributed by atoms with Crippen molar-refractivity contribution >= 4 is 14.3 Å². The van der Waals surface area contributed by atoms with Gasteiger partial charge >= 0.3 is 5.97 Å². The molecule has 0 atom stereocenters. The molecule has 0 heterocycles. The van der Waals surface area contributed by atoms with Gasteiger partial charge in [0, 0.05) is 13.0 Å². The molecular weight excluding hydrogens is 280 g/mol. The van der Waals surface area contributed by atoms with E-state index in [1.165, 1.54) is 38.5 Å². The fourth-order valence-electron chi connectivity index (χ4n) is 1.98. The van der Waals surface area contributed by atoms with Crippen molar-refractivity contribution in [2.75, 3.05) is 6.61 Å². The number of hydrogen-bond donors (Lipinski definition) is 1. The molecule has 0 rings (SSSR count). The van der Waals surface area contributed by atoms with Gasteiger partial charge in [0.05, 0.1) is 0 Å². The Hall–Kier alpha value is -0.353. The van der Waals surface area contributed by atoms with Gasteiger partial charge in [-0.25, -0.2) is 0 Å². The lowest BCUT2D eigenvalue weighted by Gasteiger charge is -2.36. The van der Waals surface area contributed by atoms with Crippen LogP contribution in [0.4, 0.5) is 0 Å². The number of carbonyl (C=O) groups is 1. The van der Waals surface area contributed by atoms with Crippen molar-refractivity contribution in [1.82, 2.24) is 0 Å². The summed E-state index contributed by atoms with van der Waals surface area (Å²) in [5.41, 5.74) is 0. The third kappa shape index (κ3) is 10.9. The van der Waals surface area contributed by atoms with Crippen LogP contribution in [0.5, 0.6) is 0 Å². The third-order valence-electron chi connectivity index (χ3n) is 4.55. The molecule has 0 radical (unpaired) electrons. The van der Waals surface area contributed by atoms with Crippen molar-refractivity contribution < 1.29 is 14.3 Å². The van der Waals surface area contributed by atoms with Gasteiger partial charge in [-0.3, -0.25) is 4.79 Å². The van der Waals surface area contributed by atoms with Gasteiger partial charge in [0.15, 0.2) is 8.32 Å². The van der Waals surface area contributed by atoms with Crippen LogP contribution in [0, 0.1) is 0 Å². The number of aliphatic carboxylic acids is 1. The van der Waals surface area contributed by atoms with Gasteiger partial charge < -0.3 is 9.53 Å². The monoisotopic (exact) mass is 316 g/mol. The Labute approximate surface area is 132 Å².